The van der Waals surface area contributed by atoms with E-state index in [2.05, 4.69) is 25.6 Å². The van der Waals surface area contributed by atoms with Crippen molar-refractivity contribution in [3.63, 3.8) is 0 Å². The van der Waals surface area contributed by atoms with Gasteiger partial charge in [0.25, 0.3) is 0 Å². The molecule has 2 aromatic heterocycles. The molecule has 134 valence electrons. The number of hydrogen-bond donors (Lipinski definition) is 1. The van der Waals surface area contributed by atoms with Crippen LogP contribution in [0.2, 0.25) is 0 Å². The van der Waals surface area contributed by atoms with Gasteiger partial charge in [0.1, 0.15) is 23.8 Å². The Morgan fingerprint density at radius 1 is 1.04 bits per heavy atom. The zero-order valence-corrected chi connectivity index (χ0v) is 14.7. The van der Waals surface area contributed by atoms with Crippen molar-refractivity contribution in [1.82, 2.24) is 25.6 Å². The molecular weight excluding hydrogens is 342 g/mol. The van der Waals surface area contributed by atoms with E-state index in [9.17, 15) is 0 Å². The molecular formula is C20H17N5O2. The Labute approximate surface area is 155 Å². The summed E-state index contributed by atoms with van der Waals surface area (Å²) in [5, 5.41) is 13.5. The molecule has 0 aliphatic carbocycles. The fraction of sp³-hybridized carbons (Fsp3) is 0.100. The average molecular weight is 359 g/mol. The summed E-state index contributed by atoms with van der Waals surface area (Å²) in [5.41, 5.74) is 2.75. The highest BCUT2D eigenvalue weighted by atomic mass is 16.5. The Kier molecular flexibility index (Phi) is 4.74. The van der Waals surface area contributed by atoms with Crippen molar-refractivity contribution >= 4 is 12.2 Å². The van der Waals surface area contributed by atoms with Crippen LogP contribution in [0.4, 0.5) is 0 Å². The molecule has 4 rings (SSSR count). The molecule has 4 aromatic rings. The quantitative estimate of drug-likeness (QED) is 0.561. The Bertz CT molecular complexity index is 1020. The Balaban J connectivity index is 1.39. The van der Waals surface area contributed by atoms with Crippen LogP contribution in [0.5, 0.6) is 5.75 Å². The monoisotopic (exact) mass is 359 g/mol. The highest BCUT2D eigenvalue weighted by Gasteiger charge is 2.11. The maximum Gasteiger partial charge on any atom is 0.226 e. The van der Waals surface area contributed by atoms with Gasteiger partial charge in [-0.05, 0) is 53.3 Å². The Morgan fingerprint density at radius 3 is 2.59 bits per heavy atom. The van der Waals surface area contributed by atoms with Crippen molar-refractivity contribution < 1.29 is 9.15 Å². The van der Waals surface area contributed by atoms with Crippen LogP contribution in [-0.2, 0) is 6.61 Å². The van der Waals surface area contributed by atoms with E-state index in [1.165, 1.54) is 0 Å². The van der Waals surface area contributed by atoms with Gasteiger partial charge in [-0.3, -0.25) is 0 Å². The largest absolute Gasteiger partial charge is 0.487 e. The topological polar surface area (TPSA) is 89.7 Å². The molecule has 0 atom stereocenters. The van der Waals surface area contributed by atoms with Crippen molar-refractivity contribution in [2.45, 2.75) is 13.5 Å². The van der Waals surface area contributed by atoms with Gasteiger partial charge < -0.3 is 9.15 Å². The molecule has 7 nitrogen and oxygen atoms in total. The third-order valence-corrected chi connectivity index (χ3v) is 3.96. The molecule has 0 spiro atoms. The third-order valence-electron chi connectivity index (χ3n) is 3.96. The minimum absolute atomic E-state index is 0.348. The lowest BCUT2D eigenvalue weighted by Crippen LogP contribution is -1.97. The van der Waals surface area contributed by atoms with Crippen molar-refractivity contribution in [1.29, 1.82) is 0 Å². The molecule has 0 unspecified atom stereocenters. The standard InChI is InChI=1S/C20H17N5O2/c1-14-18(21-20(27-14)16-5-3-2-4-6-16)13-26-17-10-7-15(8-11-17)9-12-19-22-24-25-23-19/h2-12H,13H2,1H3,(H,22,23,24,25)/b12-9+. The highest BCUT2D eigenvalue weighted by molar-refractivity contribution is 5.66. The summed E-state index contributed by atoms with van der Waals surface area (Å²) in [6.45, 7) is 2.24. The second-order valence-corrected chi connectivity index (χ2v) is 5.87. The first kappa shape index (κ1) is 16.7. The fourth-order valence-electron chi connectivity index (χ4n) is 2.51. The Hall–Kier alpha value is -3.74. The molecule has 0 bridgehead atoms. The number of oxazole rings is 1. The number of aromatic amines is 1. The average Bonchev–Trinajstić information content (AvgIpc) is 3.36. The first-order valence-corrected chi connectivity index (χ1v) is 8.44. The first-order valence-electron chi connectivity index (χ1n) is 8.44. The van der Waals surface area contributed by atoms with Crippen LogP contribution in [0.15, 0.2) is 59.0 Å². The molecule has 2 aromatic carbocycles. The number of rotatable bonds is 6. The summed E-state index contributed by atoms with van der Waals surface area (Å²) in [7, 11) is 0. The summed E-state index contributed by atoms with van der Waals surface area (Å²) < 4.78 is 11.6. The number of aryl methyl sites for hydroxylation is 1. The van der Waals surface area contributed by atoms with E-state index in [0.717, 1.165) is 28.3 Å². The number of H-pyrrole nitrogens is 1. The summed E-state index contributed by atoms with van der Waals surface area (Å²) in [6.07, 6.45) is 3.72. The third kappa shape index (κ3) is 4.09. The zero-order valence-electron chi connectivity index (χ0n) is 14.7. The van der Waals surface area contributed by atoms with Gasteiger partial charge in [-0.2, -0.15) is 0 Å². The van der Waals surface area contributed by atoms with E-state index in [1.807, 2.05) is 67.6 Å². The molecule has 0 saturated heterocycles. The minimum atomic E-state index is 0.348. The van der Waals surface area contributed by atoms with Crippen LogP contribution in [0.1, 0.15) is 22.8 Å². The number of nitrogens with zero attached hydrogens (tertiary/aromatic N) is 4. The van der Waals surface area contributed by atoms with E-state index in [0.29, 0.717) is 18.3 Å². The van der Waals surface area contributed by atoms with Crippen molar-refractivity contribution in [2.75, 3.05) is 0 Å². The normalized spacial score (nSPS) is 11.1. The second-order valence-electron chi connectivity index (χ2n) is 5.87. The Morgan fingerprint density at radius 2 is 1.85 bits per heavy atom. The predicted octanol–water partition coefficient (Wildman–Crippen LogP) is 3.91. The number of nitrogens with one attached hydrogen (secondary N) is 1. The van der Waals surface area contributed by atoms with E-state index in [-0.39, 0.29) is 0 Å². The lowest BCUT2D eigenvalue weighted by atomic mass is 10.2. The number of ether oxygens (including phenoxy) is 1. The molecule has 7 heteroatoms. The van der Waals surface area contributed by atoms with E-state index >= 15 is 0 Å². The van der Waals surface area contributed by atoms with Crippen molar-refractivity contribution in [3.8, 4) is 17.2 Å². The maximum absolute atomic E-state index is 5.84. The molecule has 2 heterocycles. The van der Waals surface area contributed by atoms with Crippen molar-refractivity contribution in [2.24, 2.45) is 0 Å². The smallest absolute Gasteiger partial charge is 0.226 e. The minimum Gasteiger partial charge on any atom is -0.487 e. The molecule has 0 aliphatic heterocycles. The number of benzene rings is 2. The number of tetrazole rings is 1. The van der Waals surface area contributed by atoms with Crippen LogP contribution < -0.4 is 4.74 Å². The summed E-state index contributed by atoms with van der Waals surface area (Å²) in [5.74, 6) is 2.73. The van der Waals surface area contributed by atoms with Gasteiger partial charge >= 0.3 is 0 Å². The first-order chi connectivity index (χ1) is 13.3. The summed E-state index contributed by atoms with van der Waals surface area (Å²) in [6, 6.07) is 17.6. The van der Waals surface area contributed by atoms with Gasteiger partial charge in [-0.25, -0.2) is 10.1 Å². The number of aromatic nitrogens is 5. The van der Waals surface area contributed by atoms with Crippen LogP contribution in [0.25, 0.3) is 23.6 Å². The van der Waals surface area contributed by atoms with Gasteiger partial charge in [0.2, 0.25) is 5.89 Å². The van der Waals surface area contributed by atoms with Crippen LogP contribution in [0, 0.1) is 6.92 Å². The van der Waals surface area contributed by atoms with E-state index in [4.69, 9.17) is 9.15 Å². The molecule has 1 N–H and O–H groups in total. The second kappa shape index (κ2) is 7.65. The lowest BCUT2D eigenvalue weighted by molar-refractivity contribution is 0.299. The number of hydrogen-bond acceptors (Lipinski definition) is 6. The lowest BCUT2D eigenvalue weighted by Gasteiger charge is -2.04. The molecule has 0 saturated carbocycles. The van der Waals surface area contributed by atoms with Gasteiger partial charge in [0.05, 0.1) is 0 Å². The van der Waals surface area contributed by atoms with Gasteiger partial charge in [0.15, 0.2) is 5.82 Å². The molecule has 0 fully saturated rings. The molecule has 0 amide bonds. The summed E-state index contributed by atoms with van der Waals surface area (Å²) >= 11 is 0. The fourth-order valence-corrected chi connectivity index (χ4v) is 2.51. The van der Waals surface area contributed by atoms with Crippen LogP contribution in [0.3, 0.4) is 0 Å². The maximum atomic E-state index is 5.84. The molecule has 0 aliphatic rings. The molecule has 27 heavy (non-hydrogen) atoms. The highest BCUT2D eigenvalue weighted by Crippen LogP contribution is 2.23. The predicted molar refractivity (Wildman–Crippen MR) is 101 cm³/mol. The molecule has 0 radical (unpaired) electrons. The van der Waals surface area contributed by atoms with E-state index in [1.54, 1.807) is 6.08 Å². The van der Waals surface area contributed by atoms with Crippen molar-refractivity contribution in [3.05, 3.63) is 77.4 Å². The SMILES string of the molecule is Cc1oc(-c2ccccc2)nc1COc1ccc(/C=C/c2nnn[nH]2)cc1. The van der Waals surface area contributed by atoms with E-state index < -0.39 is 0 Å². The van der Waals surface area contributed by atoms with Gasteiger partial charge in [-0.15, -0.1) is 5.10 Å². The van der Waals surface area contributed by atoms with Crippen LogP contribution in [-0.4, -0.2) is 25.6 Å². The zero-order chi connectivity index (χ0) is 18.5. The van der Waals surface area contributed by atoms with Gasteiger partial charge in [-0.1, -0.05) is 36.4 Å². The van der Waals surface area contributed by atoms with Crippen LogP contribution >= 0.6 is 0 Å². The summed E-state index contributed by atoms with van der Waals surface area (Å²) in [4.78, 5) is 4.55. The van der Waals surface area contributed by atoms with Gasteiger partial charge in [0, 0.05) is 5.56 Å².